The highest BCUT2D eigenvalue weighted by atomic mass is 32.2. The van der Waals surface area contributed by atoms with Gasteiger partial charge < -0.3 is 15.2 Å². The quantitative estimate of drug-likeness (QED) is 0.618. The molecule has 0 aliphatic rings. The third-order valence-corrected chi connectivity index (χ3v) is 3.22. The van der Waals surface area contributed by atoms with Crippen LogP contribution >= 0.6 is 0 Å². The summed E-state index contributed by atoms with van der Waals surface area (Å²) in [7, 11) is -0.735. The van der Waals surface area contributed by atoms with Gasteiger partial charge in [-0.05, 0) is 20.8 Å². The van der Waals surface area contributed by atoms with Crippen LogP contribution in [0.4, 0.5) is 0 Å². The summed E-state index contributed by atoms with van der Waals surface area (Å²) in [5.74, 6) is 1.33. The second-order valence-electron chi connectivity index (χ2n) is 4.71. The molecule has 98 valence electrons. The van der Waals surface area contributed by atoms with E-state index in [4.69, 9.17) is 4.74 Å². The van der Waals surface area contributed by atoms with Crippen molar-refractivity contribution < 1.29 is 14.1 Å². The topological polar surface area (TPSA) is 58.6 Å². The third-order valence-electron chi connectivity index (χ3n) is 1.92. The molecule has 2 unspecified atom stereocenters. The molecule has 0 radical (unpaired) electrons. The van der Waals surface area contributed by atoms with E-state index < -0.39 is 16.9 Å². The molecular weight excluding hydrogens is 226 g/mol. The number of aliphatic hydroxyl groups excluding tert-OH is 1. The van der Waals surface area contributed by atoms with Crippen molar-refractivity contribution in [3.63, 3.8) is 0 Å². The molecule has 0 aliphatic heterocycles. The van der Waals surface area contributed by atoms with E-state index in [9.17, 15) is 9.32 Å². The van der Waals surface area contributed by atoms with Crippen molar-refractivity contribution in [2.24, 2.45) is 0 Å². The van der Waals surface area contributed by atoms with E-state index in [2.05, 4.69) is 5.32 Å². The lowest BCUT2D eigenvalue weighted by atomic mass is 10.2. The van der Waals surface area contributed by atoms with Crippen LogP contribution in [-0.2, 0) is 15.5 Å². The number of hydrogen-bond donors (Lipinski definition) is 2. The van der Waals surface area contributed by atoms with Crippen molar-refractivity contribution in [1.82, 2.24) is 5.32 Å². The molecule has 16 heavy (non-hydrogen) atoms. The summed E-state index contributed by atoms with van der Waals surface area (Å²) < 4.78 is 16.5. The Morgan fingerprint density at radius 3 is 2.56 bits per heavy atom. The Bertz CT molecular complexity index is 204. The standard InChI is InChI=1S/C11H25NO3S/c1-5-16(14)7-6-12-8-10(13)9-15-11(2,3)4/h10,12-13H,5-9H2,1-4H3. The second kappa shape index (κ2) is 8.17. The first-order valence-corrected chi connectivity index (χ1v) is 7.21. The highest BCUT2D eigenvalue weighted by Gasteiger charge is 2.13. The predicted octanol–water partition coefficient (Wildman–Crippen LogP) is 0.521. The number of ether oxygens (including phenoxy) is 1. The molecular formula is C11H25NO3S. The molecule has 0 aromatic heterocycles. The van der Waals surface area contributed by atoms with Crippen molar-refractivity contribution in [1.29, 1.82) is 0 Å². The Morgan fingerprint density at radius 2 is 2.06 bits per heavy atom. The van der Waals surface area contributed by atoms with Crippen LogP contribution in [-0.4, -0.2) is 52.2 Å². The van der Waals surface area contributed by atoms with Crippen molar-refractivity contribution in [2.75, 3.05) is 31.2 Å². The van der Waals surface area contributed by atoms with Gasteiger partial charge in [0.25, 0.3) is 0 Å². The summed E-state index contributed by atoms with van der Waals surface area (Å²) in [6.07, 6.45) is -0.505. The normalized spacial score (nSPS) is 16.1. The molecule has 0 rings (SSSR count). The first kappa shape index (κ1) is 16.0. The molecule has 0 spiro atoms. The third kappa shape index (κ3) is 10.5. The minimum atomic E-state index is -0.735. The van der Waals surface area contributed by atoms with E-state index in [0.29, 0.717) is 31.2 Å². The Kier molecular flexibility index (Phi) is 8.18. The minimum absolute atomic E-state index is 0.218. The highest BCUT2D eigenvalue weighted by molar-refractivity contribution is 7.84. The van der Waals surface area contributed by atoms with Crippen LogP contribution in [0.3, 0.4) is 0 Å². The highest BCUT2D eigenvalue weighted by Crippen LogP contribution is 2.06. The zero-order chi connectivity index (χ0) is 12.6. The Hall–Kier alpha value is 0.0300. The molecule has 0 saturated carbocycles. The molecule has 0 bridgehead atoms. The van der Waals surface area contributed by atoms with Gasteiger partial charge in [-0.15, -0.1) is 0 Å². The van der Waals surface area contributed by atoms with Crippen LogP contribution in [0.1, 0.15) is 27.7 Å². The van der Waals surface area contributed by atoms with E-state index in [1.165, 1.54) is 0 Å². The van der Waals surface area contributed by atoms with Gasteiger partial charge in [-0.3, -0.25) is 4.21 Å². The van der Waals surface area contributed by atoms with E-state index in [0.717, 1.165) is 0 Å². The molecule has 0 saturated heterocycles. The molecule has 0 fully saturated rings. The summed E-state index contributed by atoms with van der Waals surface area (Å²) in [6.45, 7) is 9.26. The van der Waals surface area contributed by atoms with Gasteiger partial charge in [0.2, 0.25) is 0 Å². The molecule has 0 aromatic rings. The second-order valence-corrected chi connectivity index (χ2v) is 6.58. The lowest BCUT2D eigenvalue weighted by Gasteiger charge is -2.22. The maximum Gasteiger partial charge on any atom is 0.0897 e. The van der Waals surface area contributed by atoms with Gasteiger partial charge in [-0.1, -0.05) is 6.92 Å². The monoisotopic (exact) mass is 251 g/mol. The first-order valence-electron chi connectivity index (χ1n) is 5.73. The summed E-state index contributed by atoms with van der Waals surface area (Å²) in [4.78, 5) is 0. The maximum absolute atomic E-state index is 11.1. The number of rotatable bonds is 8. The van der Waals surface area contributed by atoms with Crippen LogP contribution in [0.25, 0.3) is 0 Å². The zero-order valence-corrected chi connectivity index (χ0v) is 11.6. The fourth-order valence-corrected chi connectivity index (χ4v) is 1.66. The van der Waals surface area contributed by atoms with Gasteiger partial charge in [-0.25, -0.2) is 0 Å². The average Bonchev–Trinajstić information content (AvgIpc) is 2.20. The van der Waals surface area contributed by atoms with Crippen LogP contribution in [0, 0.1) is 0 Å². The van der Waals surface area contributed by atoms with Gasteiger partial charge in [0.05, 0.1) is 18.3 Å². The Labute approximate surface area is 101 Å². The van der Waals surface area contributed by atoms with E-state index >= 15 is 0 Å². The fraction of sp³-hybridized carbons (Fsp3) is 1.00. The summed E-state index contributed by atoms with van der Waals surface area (Å²) in [6, 6.07) is 0. The van der Waals surface area contributed by atoms with Gasteiger partial charge in [0, 0.05) is 35.4 Å². The average molecular weight is 251 g/mol. The predicted molar refractivity (Wildman–Crippen MR) is 68.1 cm³/mol. The zero-order valence-electron chi connectivity index (χ0n) is 10.8. The number of nitrogens with one attached hydrogen (secondary N) is 1. The van der Waals surface area contributed by atoms with Crippen molar-refractivity contribution in [3.8, 4) is 0 Å². The smallest absolute Gasteiger partial charge is 0.0897 e. The molecule has 0 aromatic carbocycles. The van der Waals surface area contributed by atoms with Gasteiger partial charge in [0.1, 0.15) is 0 Å². The minimum Gasteiger partial charge on any atom is -0.389 e. The Morgan fingerprint density at radius 1 is 1.44 bits per heavy atom. The van der Waals surface area contributed by atoms with Gasteiger partial charge in [-0.2, -0.15) is 0 Å². The summed E-state index contributed by atoms with van der Waals surface area (Å²) in [5.41, 5.74) is -0.218. The van der Waals surface area contributed by atoms with Crippen LogP contribution in [0.2, 0.25) is 0 Å². The molecule has 2 N–H and O–H groups in total. The lowest BCUT2D eigenvalue weighted by molar-refractivity contribution is -0.0477. The maximum atomic E-state index is 11.1. The van der Waals surface area contributed by atoms with E-state index in [1.807, 2.05) is 27.7 Å². The number of hydrogen-bond acceptors (Lipinski definition) is 4. The fourth-order valence-electron chi connectivity index (χ4n) is 1.00. The van der Waals surface area contributed by atoms with E-state index in [-0.39, 0.29) is 5.60 Å². The molecule has 0 heterocycles. The molecule has 0 amide bonds. The van der Waals surface area contributed by atoms with Crippen LogP contribution < -0.4 is 5.32 Å². The van der Waals surface area contributed by atoms with Crippen LogP contribution in [0.5, 0.6) is 0 Å². The van der Waals surface area contributed by atoms with Crippen molar-refractivity contribution in [3.05, 3.63) is 0 Å². The van der Waals surface area contributed by atoms with Crippen molar-refractivity contribution in [2.45, 2.75) is 39.4 Å². The van der Waals surface area contributed by atoms with E-state index in [1.54, 1.807) is 0 Å². The van der Waals surface area contributed by atoms with Gasteiger partial charge >= 0.3 is 0 Å². The molecule has 5 heteroatoms. The number of aliphatic hydroxyl groups is 1. The summed E-state index contributed by atoms with van der Waals surface area (Å²) >= 11 is 0. The van der Waals surface area contributed by atoms with Gasteiger partial charge in [0.15, 0.2) is 0 Å². The SMILES string of the molecule is CCS(=O)CCNCC(O)COC(C)(C)C. The largest absolute Gasteiger partial charge is 0.389 e. The summed E-state index contributed by atoms with van der Waals surface area (Å²) in [5, 5.41) is 12.6. The Balaban J connectivity index is 3.44. The van der Waals surface area contributed by atoms with Crippen molar-refractivity contribution >= 4 is 10.8 Å². The molecule has 2 atom stereocenters. The molecule has 0 aliphatic carbocycles. The first-order chi connectivity index (χ1) is 7.35. The van der Waals surface area contributed by atoms with Crippen LogP contribution in [0.15, 0.2) is 0 Å². The molecule has 4 nitrogen and oxygen atoms in total. The lowest BCUT2D eigenvalue weighted by Crippen LogP contribution is -2.35.